The van der Waals surface area contributed by atoms with Gasteiger partial charge in [0.05, 0.1) is 31.5 Å². The average molecular weight is 439 g/mol. The Morgan fingerprint density at radius 2 is 1.62 bits per heavy atom. The third kappa shape index (κ3) is 6.03. The first-order valence-electron chi connectivity index (χ1n) is 10.7. The molecule has 0 radical (unpaired) electrons. The number of rotatable bonds is 9. The van der Waals surface area contributed by atoms with Crippen LogP contribution in [0.5, 0.6) is 11.5 Å². The van der Waals surface area contributed by atoms with Crippen molar-refractivity contribution < 1.29 is 23.4 Å². The van der Waals surface area contributed by atoms with Crippen molar-refractivity contribution in [3.8, 4) is 11.5 Å². The maximum absolute atomic E-state index is 12.4. The minimum absolute atomic E-state index is 0.356. The number of carbonyl (C=O) groups is 1. The highest BCUT2D eigenvalue weighted by Gasteiger charge is 2.19. The van der Waals surface area contributed by atoms with Gasteiger partial charge in [-0.05, 0) is 71.0 Å². The number of hydrogen-bond acceptors (Lipinski definition) is 7. The maximum atomic E-state index is 12.4. The lowest BCUT2D eigenvalue weighted by Gasteiger charge is -2.25. The SMILES string of the molecule is CCOc1ccc(N(Cc2cnco2)c2ccc(C(=O)OC(C)(C)C)cc2)cc1OCC. The molecule has 0 saturated heterocycles. The van der Waals surface area contributed by atoms with Crippen LogP contribution in [0.4, 0.5) is 11.4 Å². The van der Waals surface area contributed by atoms with Crippen LogP contribution in [0.15, 0.2) is 59.5 Å². The zero-order valence-corrected chi connectivity index (χ0v) is 19.3. The van der Waals surface area contributed by atoms with Crippen molar-refractivity contribution in [1.29, 1.82) is 0 Å². The molecule has 2 aromatic carbocycles. The van der Waals surface area contributed by atoms with E-state index >= 15 is 0 Å². The van der Waals surface area contributed by atoms with E-state index in [-0.39, 0.29) is 5.97 Å². The molecule has 1 aromatic heterocycles. The molecule has 0 unspecified atom stereocenters. The van der Waals surface area contributed by atoms with Crippen molar-refractivity contribution in [2.75, 3.05) is 18.1 Å². The number of esters is 1. The first kappa shape index (κ1) is 23.2. The van der Waals surface area contributed by atoms with Gasteiger partial charge in [0.1, 0.15) is 11.4 Å². The van der Waals surface area contributed by atoms with Gasteiger partial charge in [-0.2, -0.15) is 0 Å². The number of nitrogens with zero attached hydrogens (tertiary/aromatic N) is 2. The number of anilines is 2. The summed E-state index contributed by atoms with van der Waals surface area (Å²) in [7, 11) is 0. The van der Waals surface area contributed by atoms with Gasteiger partial charge >= 0.3 is 5.97 Å². The van der Waals surface area contributed by atoms with Gasteiger partial charge in [-0.3, -0.25) is 0 Å². The molecular formula is C25H30N2O5. The predicted octanol–water partition coefficient (Wildman–Crippen LogP) is 5.77. The number of benzene rings is 2. The number of oxazole rings is 1. The summed E-state index contributed by atoms with van der Waals surface area (Å²) in [5.74, 6) is 1.70. The highest BCUT2D eigenvalue weighted by atomic mass is 16.6. The number of aromatic nitrogens is 1. The van der Waals surface area contributed by atoms with Crippen LogP contribution < -0.4 is 14.4 Å². The summed E-state index contributed by atoms with van der Waals surface area (Å²) in [4.78, 5) is 18.5. The van der Waals surface area contributed by atoms with Crippen LogP contribution in [0.3, 0.4) is 0 Å². The lowest BCUT2D eigenvalue weighted by Crippen LogP contribution is -2.24. The molecule has 0 saturated carbocycles. The van der Waals surface area contributed by atoms with Crippen molar-refractivity contribution in [3.63, 3.8) is 0 Å². The van der Waals surface area contributed by atoms with E-state index in [0.29, 0.717) is 42.6 Å². The quantitative estimate of drug-likeness (QED) is 0.393. The number of ether oxygens (including phenoxy) is 3. The van der Waals surface area contributed by atoms with E-state index in [9.17, 15) is 4.79 Å². The summed E-state index contributed by atoms with van der Waals surface area (Å²) in [6.07, 6.45) is 3.09. The molecule has 170 valence electrons. The van der Waals surface area contributed by atoms with Crippen molar-refractivity contribution in [1.82, 2.24) is 4.98 Å². The maximum Gasteiger partial charge on any atom is 0.338 e. The molecule has 7 heteroatoms. The van der Waals surface area contributed by atoms with Crippen LogP contribution in [0.1, 0.15) is 50.7 Å². The third-order valence-corrected chi connectivity index (χ3v) is 4.45. The van der Waals surface area contributed by atoms with Crippen LogP contribution in [-0.4, -0.2) is 29.8 Å². The molecule has 3 rings (SSSR count). The van der Waals surface area contributed by atoms with E-state index < -0.39 is 5.60 Å². The van der Waals surface area contributed by atoms with Gasteiger partial charge in [0.2, 0.25) is 0 Å². The molecule has 0 aliphatic rings. The fraction of sp³-hybridized carbons (Fsp3) is 0.360. The van der Waals surface area contributed by atoms with E-state index in [1.807, 2.05) is 65.0 Å². The predicted molar refractivity (Wildman–Crippen MR) is 123 cm³/mol. The molecule has 0 bridgehead atoms. The van der Waals surface area contributed by atoms with Gasteiger partial charge in [0, 0.05) is 17.4 Å². The van der Waals surface area contributed by atoms with Gasteiger partial charge in [-0.15, -0.1) is 0 Å². The second kappa shape index (κ2) is 10.2. The van der Waals surface area contributed by atoms with Crippen LogP contribution in [-0.2, 0) is 11.3 Å². The summed E-state index contributed by atoms with van der Waals surface area (Å²) in [6, 6.07) is 13.1. The van der Waals surface area contributed by atoms with E-state index in [0.717, 1.165) is 11.4 Å². The standard InChI is InChI=1S/C25H30N2O5/c1-6-29-22-13-12-20(14-23(22)30-7-2)27(16-21-15-26-17-31-21)19-10-8-18(9-11-19)24(28)32-25(3,4)5/h8-15,17H,6-7,16H2,1-5H3. The van der Waals surface area contributed by atoms with Gasteiger partial charge < -0.3 is 23.5 Å². The summed E-state index contributed by atoms with van der Waals surface area (Å²) < 4.78 is 22.4. The fourth-order valence-electron chi connectivity index (χ4n) is 3.13. The Labute approximate surface area is 188 Å². The van der Waals surface area contributed by atoms with Crippen LogP contribution >= 0.6 is 0 Å². The van der Waals surface area contributed by atoms with Crippen LogP contribution in [0.25, 0.3) is 0 Å². The number of hydrogen-bond donors (Lipinski definition) is 0. The smallest absolute Gasteiger partial charge is 0.338 e. The van der Waals surface area contributed by atoms with E-state index in [4.69, 9.17) is 18.6 Å². The molecule has 0 atom stereocenters. The summed E-state index contributed by atoms with van der Waals surface area (Å²) in [5, 5.41) is 0. The van der Waals surface area contributed by atoms with Crippen LogP contribution in [0.2, 0.25) is 0 Å². The van der Waals surface area contributed by atoms with Gasteiger partial charge in [0.25, 0.3) is 0 Å². The Balaban J connectivity index is 1.95. The zero-order chi connectivity index (χ0) is 23.1. The zero-order valence-electron chi connectivity index (χ0n) is 19.3. The Hall–Kier alpha value is -3.48. The molecule has 0 fully saturated rings. The molecule has 0 aliphatic carbocycles. The Morgan fingerprint density at radius 1 is 0.969 bits per heavy atom. The molecule has 32 heavy (non-hydrogen) atoms. The topological polar surface area (TPSA) is 74.0 Å². The van der Waals surface area contributed by atoms with Crippen molar-refractivity contribution in [3.05, 3.63) is 66.4 Å². The second-order valence-corrected chi connectivity index (χ2v) is 8.10. The number of carbonyl (C=O) groups excluding carboxylic acids is 1. The van der Waals surface area contributed by atoms with Gasteiger partial charge in [-0.1, -0.05) is 0 Å². The molecule has 1 heterocycles. The normalized spacial score (nSPS) is 11.2. The Bertz CT molecular complexity index is 1010. The molecule has 3 aromatic rings. The second-order valence-electron chi connectivity index (χ2n) is 8.10. The van der Waals surface area contributed by atoms with E-state index in [1.54, 1.807) is 18.3 Å². The monoisotopic (exact) mass is 438 g/mol. The molecule has 0 amide bonds. The van der Waals surface area contributed by atoms with Gasteiger partial charge in [-0.25, -0.2) is 9.78 Å². The lowest BCUT2D eigenvalue weighted by molar-refractivity contribution is 0.00695. The van der Waals surface area contributed by atoms with Gasteiger partial charge in [0.15, 0.2) is 17.9 Å². The molecule has 0 spiro atoms. The minimum Gasteiger partial charge on any atom is -0.490 e. The molecule has 0 N–H and O–H groups in total. The summed E-state index contributed by atoms with van der Waals surface area (Å²) in [6.45, 7) is 10.9. The first-order chi connectivity index (χ1) is 15.3. The Kier molecular flexibility index (Phi) is 7.41. The van der Waals surface area contributed by atoms with E-state index in [1.165, 1.54) is 6.39 Å². The molecular weight excluding hydrogens is 408 g/mol. The van der Waals surface area contributed by atoms with Crippen molar-refractivity contribution >= 4 is 17.3 Å². The largest absolute Gasteiger partial charge is 0.490 e. The van der Waals surface area contributed by atoms with Crippen molar-refractivity contribution in [2.45, 2.75) is 46.8 Å². The third-order valence-electron chi connectivity index (χ3n) is 4.45. The average Bonchev–Trinajstić information content (AvgIpc) is 3.26. The minimum atomic E-state index is -0.550. The summed E-state index contributed by atoms with van der Waals surface area (Å²) in [5.41, 5.74) is 1.70. The Morgan fingerprint density at radius 3 is 2.22 bits per heavy atom. The summed E-state index contributed by atoms with van der Waals surface area (Å²) >= 11 is 0. The fourth-order valence-corrected chi connectivity index (χ4v) is 3.13. The molecule has 0 aliphatic heterocycles. The van der Waals surface area contributed by atoms with E-state index in [2.05, 4.69) is 9.88 Å². The highest BCUT2D eigenvalue weighted by Crippen LogP contribution is 2.36. The first-order valence-corrected chi connectivity index (χ1v) is 10.7. The molecule has 7 nitrogen and oxygen atoms in total. The van der Waals surface area contributed by atoms with Crippen molar-refractivity contribution in [2.24, 2.45) is 0 Å². The lowest BCUT2D eigenvalue weighted by atomic mass is 10.1. The highest BCUT2D eigenvalue weighted by molar-refractivity contribution is 5.90. The van der Waals surface area contributed by atoms with Crippen LogP contribution in [0, 0.1) is 0 Å².